The predicted molar refractivity (Wildman–Crippen MR) is 86.6 cm³/mol. The smallest absolute Gasteiger partial charge is 0.310 e. The number of hydrogen-bond acceptors (Lipinski definition) is 4. The maximum atomic E-state index is 10.9. The minimum Gasteiger partial charge on any atom is -0.481 e. The largest absolute Gasteiger partial charge is 0.481 e. The predicted octanol–water partition coefficient (Wildman–Crippen LogP) is 4.37. The summed E-state index contributed by atoms with van der Waals surface area (Å²) in [6.07, 6.45) is 0. The molecule has 0 fully saturated rings. The quantitative estimate of drug-likeness (QED) is 0.880. The minimum atomic E-state index is -0.814. The highest BCUT2D eigenvalue weighted by Gasteiger charge is 2.17. The number of aromatic nitrogens is 1. The Morgan fingerprint density at radius 2 is 1.90 bits per heavy atom. The molecule has 2 rings (SSSR count). The van der Waals surface area contributed by atoms with E-state index in [1.807, 2.05) is 24.3 Å². The summed E-state index contributed by atoms with van der Waals surface area (Å²) in [4.78, 5) is 15.5. The normalized spacial score (nSPS) is 13.0. The van der Waals surface area contributed by atoms with Gasteiger partial charge in [-0.25, -0.2) is 4.98 Å². The number of aliphatic carboxylic acids is 1. The number of carboxylic acids is 1. The highest BCUT2D eigenvalue weighted by Crippen LogP contribution is 2.28. The molecule has 21 heavy (non-hydrogen) atoms. The molecular weight excluding hydrogens is 284 g/mol. The SMILES string of the molecule is C[C@H](C(=O)O)c1ccc(Nc2nc(C(C)(C)C)cs2)cc1. The van der Waals surface area contributed by atoms with Crippen LogP contribution in [0.25, 0.3) is 0 Å². The number of carboxylic acid groups (broad SMARTS) is 1. The van der Waals surface area contributed by atoms with Gasteiger partial charge in [-0.2, -0.15) is 0 Å². The van der Waals surface area contributed by atoms with Gasteiger partial charge in [0.15, 0.2) is 5.13 Å². The molecule has 0 radical (unpaired) electrons. The van der Waals surface area contributed by atoms with Gasteiger partial charge in [0.25, 0.3) is 0 Å². The number of nitrogens with one attached hydrogen (secondary N) is 1. The van der Waals surface area contributed by atoms with Crippen LogP contribution in [-0.2, 0) is 10.2 Å². The Morgan fingerprint density at radius 1 is 1.29 bits per heavy atom. The summed E-state index contributed by atoms with van der Waals surface area (Å²) >= 11 is 1.57. The number of benzene rings is 1. The van der Waals surface area contributed by atoms with Gasteiger partial charge < -0.3 is 10.4 Å². The molecular formula is C16H20N2O2S. The monoisotopic (exact) mass is 304 g/mol. The Morgan fingerprint density at radius 3 is 2.38 bits per heavy atom. The van der Waals surface area contributed by atoms with Crippen LogP contribution < -0.4 is 5.32 Å². The first-order valence-electron chi connectivity index (χ1n) is 6.83. The second-order valence-electron chi connectivity index (χ2n) is 6.09. The molecule has 0 aliphatic carbocycles. The fourth-order valence-electron chi connectivity index (χ4n) is 1.80. The van der Waals surface area contributed by atoms with Crippen molar-refractivity contribution in [3.05, 3.63) is 40.9 Å². The molecule has 1 aromatic carbocycles. The van der Waals surface area contributed by atoms with Gasteiger partial charge in [-0.15, -0.1) is 11.3 Å². The van der Waals surface area contributed by atoms with Gasteiger partial charge in [0.1, 0.15) is 0 Å². The molecule has 2 aromatic rings. The van der Waals surface area contributed by atoms with E-state index in [0.717, 1.165) is 22.1 Å². The maximum absolute atomic E-state index is 10.9. The zero-order valence-corrected chi connectivity index (χ0v) is 13.5. The first-order chi connectivity index (χ1) is 9.77. The minimum absolute atomic E-state index is 0.0389. The van der Waals surface area contributed by atoms with Crippen molar-refractivity contribution in [2.24, 2.45) is 0 Å². The second kappa shape index (κ2) is 5.85. The van der Waals surface area contributed by atoms with Crippen molar-refractivity contribution in [2.45, 2.75) is 39.0 Å². The van der Waals surface area contributed by atoms with Crippen molar-refractivity contribution in [2.75, 3.05) is 5.32 Å². The van der Waals surface area contributed by atoms with E-state index in [1.54, 1.807) is 18.3 Å². The van der Waals surface area contributed by atoms with Crippen molar-refractivity contribution >= 4 is 28.1 Å². The van der Waals surface area contributed by atoms with Gasteiger partial charge in [-0.3, -0.25) is 4.79 Å². The van der Waals surface area contributed by atoms with Crippen molar-refractivity contribution < 1.29 is 9.90 Å². The van der Waals surface area contributed by atoms with Crippen LogP contribution in [0.3, 0.4) is 0 Å². The summed E-state index contributed by atoms with van der Waals surface area (Å²) in [5.74, 6) is -1.31. The van der Waals surface area contributed by atoms with Gasteiger partial charge in [-0.05, 0) is 24.6 Å². The summed E-state index contributed by atoms with van der Waals surface area (Å²) in [5.41, 5.74) is 2.80. The van der Waals surface area contributed by atoms with Gasteiger partial charge in [-0.1, -0.05) is 32.9 Å². The van der Waals surface area contributed by atoms with E-state index in [9.17, 15) is 4.79 Å². The average Bonchev–Trinajstić information content (AvgIpc) is 2.87. The molecule has 5 heteroatoms. The molecule has 1 aromatic heterocycles. The summed E-state index contributed by atoms with van der Waals surface area (Å²) in [7, 11) is 0. The lowest BCUT2D eigenvalue weighted by Gasteiger charge is -2.14. The maximum Gasteiger partial charge on any atom is 0.310 e. The molecule has 1 heterocycles. The van der Waals surface area contributed by atoms with E-state index in [1.165, 1.54) is 0 Å². The Hall–Kier alpha value is -1.88. The Balaban J connectivity index is 2.10. The molecule has 0 saturated heterocycles. The molecule has 112 valence electrons. The van der Waals surface area contributed by atoms with Crippen LogP contribution in [0.15, 0.2) is 29.6 Å². The highest BCUT2D eigenvalue weighted by atomic mass is 32.1. The van der Waals surface area contributed by atoms with E-state index in [0.29, 0.717) is 0 Å². The van der Waals surface area contributed by atoms with Crippen LogP contribution in [0.2, 0.25) is 0 Å². The van der Waals surface area contributed by atoms with Gasteiger partial charge in [0, 0.05) is 16.5 Å². The fraction of sp³-hybridized carbons (Fsp3) is 0.375. The molecule has 0 unspecified atom stereocenters. The van der Waals surface area contributed by atoms with Crippen LogP contribution >= 0.6 is 11.3 Å². The van der Waals surface area contributed by atoms with E-state index >= 15 is 0 Å². The molecule has 0 aliphatic heterocycles. The van der Waals surface area contributed by atoms with E-state index < -0.39 is 11.9 Å². The van der Waals surface area contributed by atoms with Crippen LogP contribution in [0.5, 0.6) is 0 Å². The van der Waals surface area contributed by atoms with Crippen LogP contribution in [0.4, 0.5) is 10.8 Å². The summed E-state index contributed by atoms with van der Waals surface area (Å²) < 4.78 is 0. The number of thiazole rings is 1. The summed E-state index contributed by atoms with van der Waals surface area (Å²) in [6, 6.07) is 7.43. The summed E-state index contributed by atoms with van der Waals surface area (Å²) in [5, 5.41) is 15.2. The standard InChI is InChI=1S/C16H20N2O2S/c1-10(14(19)20)11-5-7-12(8-6-11)17-15-18-13(9-21-15)16(2,3)4/h5-10H,1-4H3,(H,17,18)(H,19,20)/t10-/m0/s1. The third-order valence-corrected chi connectivity index (χ3v) is 4.06. The first kappa shape index (κ1) is 15.5. The van der Waals surface area contributed by atoms with Gasteiger partial charge >= 0.3 is 5.97 Å². The zero-order valence-electron chi connectivity index (χ0n) is 12.7. The molecule has 0 bridgehead atoms. The Bertz CT molecular complexity index is 626. The lowest BCUT2D eigenvalue weighted by Crippen LogP contribution is -2.11. The number of nitrogens with zero attached hydrogens (tertiary/aromatic N) is 1. The van der Waals surface area contributed by atoms with E-state index in [4.69, 9.17) is 5.11 Å². The molecule has 0 amide bonds. The number of rotatable bonds is 4. The second-order valence-corrected chi connectivity index (χ2v) is 6.95. The average molecular weight is 304 g/mol. The number of carbonyl (C=O) groups is 1. The molecule has 0 saturated carbocycles. The van der Waals surface area contributed by atoms with Crippen LogP contribution in [0.1, 0.15) is 44.9 Å². The third-order valence-electron chi connectivity index (χ3n) is 3.30. The van der Waals surface area contributed by atoms with E-state index in [-0.39, 0.29) is 5.41 Å². The van der Waals surface area contributed by atoms with Gasteiger partial charge in [0.2, 0.25) is 0 Å². The number of anilines is 2. The number of hydrogen-bond donors (Lipinski definition) is 2. The molecule has 2 N–H and O–H groups in total. The Kier molecular flexibility index (Phi) is 4.32. The van der Waals surface area contributed by atoms with Crippen molar-refractivity contribution in [1.29, 1.82) is 0 Å². The Labute approximate surface area is 128 Å². The lowest BCUT2D eigenvalue weighted by molar-refractivity contribution is -0.138. The first-order valence-corrected chi connectivity index (χ1v) is 7.71. The van der Waals surface area contributed by atoms with E-state index in [2.05, 4.69) is 36.5 Å². The lowest BCUT2D eigenvalue weighted by atomic mass is 9.93. The van der Waals surface area contributed by atoms with Crippen molar-refractivity contribution in [1.82, 2.24) is 4.98 Å². The molecule has 1 atom stereocenters. The van der Waals surface area contributed by atoms with Gasteiger partial charge in [0.05, 0.1) is 11.6 Å². The van der Waals surface area contributed by atoms with Crippen molar-refractivity contribution in [3.63, 3.8) is 0 Å². The zero-order chi connectivity index (χ0) is 15.6. The molecule has 4 nitrogen and oxygen atoms in total. The third kappa shape index (κ3) is 3.82. The molecule has 0 spiro atoms. The molecule has 0 aliphatic rings. The fourth-order valence-corrected chi connectivity index (χ4v) is 2.75. The van der Waals surface area contributed by atoms with Crippen molar-refractivity contribution in [3.8, 4) is 0 Å². The highest BCUT2D eigenvalue weighted by molar-refractivity contribution is 7.13. The van der Waals surface area contributed by atoms with Crippen LogP contribution in [0, 0.1) is 0 Å². The summed E-state index contributed by atoms with van der Waals surface area (Å²) in [6.45, 7) is 8.08. The van der Waals surface area contributed by atoms with Crippen LogP contribution in [-0.4, -0.2) is 16.1 Å². The topological polar surface area (TPSA) is 62.2 Å².